The first-order chi connectivity index (χ1) is 13.3. The van der Waals surface area contributed by atoms with Crippen LogP contribution < -0.4 is 5.32 Å². The van der Waals surface area contributed by atoms with Crippen LogP contribution in [0, 0.1) is 11.3 Å². The molecular formula is C22H22Cl2N2O2. The SMILES string of the molecule is CCC1(CC)N[C@@H](C(=O)O)[C@H](c2cccc(Cl)c2)[C@@]1(C#N)c1ccc(Cl)cc1. The molecule has 1 heterocycles. The summed E-state index contributed by atoms with van der Waals surface area (Å²) in [5.74, 6) is -1.60. The first-order valence-corrected chi connectivity index (χ1v) is 10.0. The zero-order valence-electron chi connectivity index (χ0n) is 15.7. The van der Waals surface area contributed by atoms with Crippen LogP contribution >= 0.6 is 23.2 Å². The van der Waals surface area contributed by atoms with Gasteiger partial charge in [-0.2, -0.15) is 5.26 Å². The molecule has 1 aliphatic rings. The van der Waals surface area contributed by atoms with E-state index in [4.69, 9.17) is 23.2 Å². The van der Waals surface area contributed by atoms with Crippen molar-refractivity contribution < 1.29 is 9.90 Å². The number of halogens is 2. The minimum Gasteiger partial charge on any atom is -0.480 e. The number of hydrogen-bond donors (Lipinski definition) is 2. The Bertz CT molecular complexity index is 919. The Balaban J connectivity index is 2.37. The molecule has 0 amide bonds. The highest BCUT2D eigenvalue weighted by atomic mass is 35.5. The monoisotopic (exact) mass is 416 g/mol. The summed E-state index contributed by atoms with van der Waals surface area (Å²) in [4.78, 5) is 12.3. The number of rotatable bonds is 5. The summed E-state index contributed by atoms with van der Waals surface area (Å²) in [6.07, 6.45) is 1.20. The van der Waals surface area contributed by atoms with Crippen LogP contribution in [0.5, 0.6) is 0 Å². The van der Waals surface area contributed by atoms with Gasteiger partial charge in [-0.15, -0.1) is 0 Å². The number of nitriles is 1. The van der Waals surface area contributed by atoms with E-state index in [0.717, 1.165) is 11.1 Å². The number of carbonyl (C=O) groups is 1. The van der Waals surface area contributed by atoms with Gasteiger partial charge in [-0.25, -0.2) is 0 Å². The lowest BCUT2D eigenvalue weighted by Gasteiger charge is -2.43. The van der Waals surface area contributed by atoms with Crippen LogP contribution in [0.15, 0.2) is 48.5 Å². The van der Waals surface area contributed by atoms with Gasteiger partial charge < -0.3 is 5.11 Å². The second kappa shape index (κ2) is 7.75. The van der Waals surface area contributed by atoms with Gasteiger partial charge >= 0.3 is 5.97 Å². The molecule has 2 N–H and O–H groups in total. The van der Waals surface area contributed by atoms with Gasteiger partial charge in [-0.3, -0.25) is 10.1 Å². The summed E-state index contributed by atoms with van der Waals surface area (Å²) >= 11 is 12.3. The van der Waals surface area contributed by atoms with Crippen LogP contribution in [0.25, 0.3) is 0 Å². The fourth-order valence-electron chi connectivity index (χ4n) is 4.81. The van der Waals surface area contributed by atoms with Gasteiger partial charge in [0.15, 0.2) is 0 Å². The van der Waals surface area contributed by atoms with Crippen molar-refractivity contribution in [2.45, 2.75) is 49.6 Å². The summed E-state index contributed by atoms with van der Waals surface area (Å²) in [5, 5.41) is 25.0. The number of aliphatic carboxylic acids is 1. The van der Waals surface area contributed by atoms with Crippen LogP contribution in [0.3, 0.4) is 0 Å². The van der Waals surface area contributed by atoms with E-state index < -0.39 is 28.9 Å². The van der Waals surface area contributed by atoms with Gasteiger partial charge in [-0.1, -0.05) is 61.3 Å². The highest BCUT2D eigenvalue weighted by Gasteiger charge is 2.65. The molecule has 0 bridgehead atoms. The highest BCUT2D eigenvalue weighted by Crippen LogP contribution is 2.56. The van der Waals surface area contributed by atoms with Crippen molar-refractivity contribution in [3.63, 3.8) is 0 Å². The van der Waals surface area contributed by atoms with Crippen molar-refractivity contribution in [1.29, 1.82) is 5.26 Å². The van der Waals surface area contributed by atoms with Crippen LogP contribution in [0.1, 0.15) is 43.7 Å². The maximum atomic E-state index is 12.3. The number of nitrogens with one attached hydrogen (secondary N) is 1. The maximum Gasteiger partial charge on any atom is 0.321 e. The van der Waals surface area contributed by atoms with Crippen molar-refractivity contribution >= 4 is 29.2 Å². The van der Waals surface area contributed by atoms with Crippen LogP contribution in [0.2, 0.25) is 10.0 Å². The Kier molecular flexibility index (Phi) is 5.72. The average Bonchev–Trinajstić information content (AvgIpc) is 3.00. The minimum absolute atomic E-state index is 0.509. The van der Waals surface area contributed by atoms with Gasteiger partial charge in [0.05, 0.1) is 6.07 Å². The molecule has 3 rings (SSSR count). The number of hydrogen-bond acceptors (Lipinski definition) is 3. The van der Waals surface area contributed by atoms with Gasteiger partial charge in [-0.05, 0) is 48.2 Å². The molecule has 3 atom stereocenters. The largest absolute Gasteiger partial charge is 0.480 e. The number of carboxylic acids is 1. The summed E-state index contributed by atoms with van der Waals surface area (Å²) < 4.78 is 0. The summed E-state index contributed by atoms with van der Waals surface area (Å²) in [6, 6.07) is 15.9. The molecular weight excluding hydrogens is 395 g/mol. The molecule has 0 unspecified atom stereocenters. The molecule has 0 aromatic heterocycles. The molecule has 146 valence electrons. The van der Waals surface area contributed by atoms with E-state index in [2.05, 4.69) is 11.4 Å². The zero-order chi connectivity index (χ0) is 20.5. The average molecular weight is 417 g/mol. The first-order valence-electron chi connectivity index (χ1n) is 9.28. The molecule has 2 aromatic rings. The zero-order valence-corrected chi connectivity index (χ0v) is 17.3. The van der Waals surface area contributed by atoms with E-state index >= 15 is 0 Å². The molecule has 1 fully saturated rings. The van der Waals surface area contributed by atoms with Crippen molar-refractivity contribution in [1.82, 2.24) is 5.32 Å². The van der Waals surface area contributed by atoms with Gasteiger partial charge in [0.2, 0.25) is 0 Å². The number of nitrogens with zero attached hydrogens (tertiary/aromatic N) is 1. The molecule has 0 aliphatic carbocycles. The minimum atomic E-state index is -1.10. The molecule has 1 aliphatic heterocycles. The lowest BCUT2D eigenvalue weighted by molar-refractivity contribution is -0.139. The van der Waals surface area contributed by atoms with Gasteiger partial charge in [0.1, 0.15) is 11.5 Å². The third kappa shape index (κ3) is 2.99. The third-order valence-electron chi connectivity index (χ3n) is 6.14. The van der Waals surface area contributed by atoms with Crippen LogP contribution in [-0.4, -0.2) is 22.7 Å². The van der Waals surface area contributed by atoms with Crippen molar-refractivity contribution in [3.05, 3.63) is 69.7 Å². The van der Waals surface area contributed by atoms with E-state index in [1.165, 1.54) is 0 Å². The molecule has 0 spiro atoms. The third-order valence-corrected chi connectivity index (χ3v) is 6.63. The number of carboxylic acid groups (broad SMARTS) is 1. The molecule has 4 nitrogen and oxygen atoms in total. The summed E-state index contributed by atoms with van der Waals surface area (Å²) in [6.45, 7) is 3.97. The molecule has 1 saturated heterocycles. The van der Waals surface area contributed by atoms with Crippen molar-refractivity contribution in [2.75, 3.05) is 0 Å². The highest BCUT2D eigenvalue weighted by molar-refractivity contribution is 6.30. The van der Waals surface area contributed by atoms with E-state index in [9.17, 15) is 15.2 Å². The fraction of sp³-hybridized carbons (Fsp3) is 0.364. The second-order valence-corrected chi connectivity index (χ2v) is 8.08. The predicted octanol–water partition coefficient (Wildman–Crippen LogP) is 5.15. The lowest BCUT2D eigenvalue weighted by atomic mass is 9.58. The van der Waals surface area contributed by atoms with Gasteiger partial charge in [0.25, 0.3) is 0 Å². The Morgan fingerprint density at radius 3 is 2.29 bits per heavy atom. The van der Waals surface area contributed by atoms with E-state index in [0.29, 0.717) is 22.9 Å². The Morgan fingerprint density at radius 1 is 1.14 bits per heavy atom. The molecule has 2 aromatic carbocycles. The molecule has 6 heteroatoms. The van der Waals surface area contributed by atoms with E-state index in [1.54, 1.807) is 30.3 Å². The fourth-order valence-corrected chi connectivity index (χ4v) is 5.14. The van der Waals surface area contributed by atoms with E-state index in [1.807, 2.05) is 32.0 Å². The molecule has 28 heavy (non-hydrogen) atoms. The predicted molar refractivity (Wildman–Crippen MR) is 111 cm³/mol. The lowest BCUT2D eigenvalue weighted by Crippen LogP contribution is -2.54. The Morgan fingerprint density at radius 2 is 1.79 bits per heavy atom. The summed E-state index contributed by atoms with van der Waals surface area (Å²) in [7, 11) is 0. The number of benzene rings is 2. The second-order valence-electron chi connectivity index (χ2n) is 7.21. The van der Waals surface area contributed by atoms with Crippen molar-refractivity contribution in [2.24, 2.45) is 0 Å². The van der Waals surface area contributed by atoms with E-state index in [-0.39, 0.29) is 0 Å². The molecule has 0 saturated carbocycles. The Labute approximate surface area is 175 Å². The normalized spacial score (nSPS) is 26.0. The maximum absolute atomic E-state index is 12.3. The molecule has 0 radical (unpaired) electrons. The smallest absolute Gasteiger partial charge is 0.321 e. The van der Waals surface area contributed by atoms with Crippen molar-refractivity contribution in [3.8, 4) is 6.07 Å². The Hall–Kier alpha value is -2.06. The standard InChI is InChI=1S/C22H22Cl2N2O2/c1-3-21(4-2)22(13-25,15-8-10-16(23)11-9-15)18(19(26-21)20(27)28)14-6-5-7-17(24)12-14/h5-12,18-19,26H,3-4H2,1-2H3,(H,27,28)/t18-,19+,22+/m0/s1. The first kappa shape index (κ1) is 20.7. The van der Waals surface area contributed by atoms with Crippen LogP contribution in [-0.2, 0) is 10.2 Å². The van der Waals surface area contributed by atoms with Crippen LogP contribution in [0.4, 0.5) is 0 Å². The van der Waals surface area contributed by atoms with Gasteiger partial charge in [0, 0.05) is 21.5 Å². The summed E-state index contributed by atoms with van der Waals surface area (Å²) in [5.41, 5.74) is -0.336. The topological polar surface area (TPSA) is 73.1 Å². The quantitative estimate of drug-likeness (QED) is 0.706.